The van der Waals surface area contributed by atoms with Gasteiger partial charge in [-0.1, -0.05) is 49.6 Å². The van der Waals surface area contributed by atoms with Crippen LogP contribution in [0.3, 0.4) is 0 Å². The average molecular weight is 434 g/mol. The summed E-state index contributed by atoms with van der Waals surface area (Å²) in [4.78, 5) is 35.3. The standard InChI is InChI=1S/C25H31N5O2/c1-18-10-9-12-20(16-18)27-24(32)28-25(30(3)21-13-5-4-6-14-21)23(31)29(2)22-15-8-7-11-19(22)17-26-25/h7-12,15-17,21H,4-6,13-14H2,1-3H3,(H2,27,28,32). The van der Waals surface area contributed by atoms with E-state index >= 15 is 0 Å². The van der Waals surface area contributed by atoms with Crippen LogP contribution < -0.4 is 15.5 Å². The number of urea groups is 1. The fourth-order valence-corrected chi connectivity index (χ4v) is 4.66. The normalized spacial score (nSPS) is 21.2. The predicted molar refractivity (Wildman–Crippen MR) is 128 cm³/mol. The van der Waals surface area contributed by atoms with Crippen molar-refractivity contribution < 1.29 is 9.59 Å². The van der Waals surface area contributed by atoms with E-state index in [0.29, 0.717) is 5.69 Å². The van der Waals surface area contributed by atoms with Gasteiger partial charge in [0.25, 0.3) is 11.7 Å². The van der Waals surface area contributed by atoms with Gasteiger partial charge in [0.05, 0.1) is 5.69 Å². The summed E-state index contributed by atoms with van der Waals surface area (Å²) in [6.45, 7) is 1.97. The Morgan fingerprint density at radius 2 is 1.88 bits per heavy atom. The van der Waals surface area contributed by atoms with E-state index < -0.39 is 11.8 Å². The Morgan fingerprint density at radius 1 is 1.12 bits per heavy atom. The lowest BCUT2D eigenvalue weighted by Crippen LogP contribution is -2.69. The molecule has 2 aromatic carbocycles. The van der Waals surface area contributed by atoms with E-state index in [1.165, 1.54) is 6.42 Å². The number of hydrogen-bond acceptors (Lipinski definition) is 4. The highest BCUT2D eigenvalue weighted by Gasteiger charge is 2.49. The number of rotatable bonds is 4. The molecule has 3 amide bonds. The third kappa shape index (κ3) is 4.25. The first-order valence-electron chi connectivity index (χ1n) is 11.2. The fraction of sp³-hybridized carbons (Fsp3) is 0.400. The maximum Gasteiger partial charge on any atom is 0.322 e. The molecule has 1 atom stereocenters. The Kier molecular flexibility index (Phi) is 6.28. The van der Waals surface area contributed by atoms with E-state index in [4.69, 9.17) is 4.99 Å². The Labute approximate surface area is 189 Å². The minimum atomic E-state index is -1.54. The van der Waals surface area contributed by atoms with Gasteiger partial charge in [-0.3, -0.25) is 15.0 Å². The number of nitrogens with zero attached hydrogens (tertiary/aromatic N) is 3. The van der Waals surface area contributed by atoms with Gasteiger partial charge in [0.15, 0.2) is 0 Å². The van der Waals surface area contributed by atoms with Crippen molar-refractivity contribution in [2.45, 2.75) is 50.9 Å². The number of aliphatic imine (C=N–C) groups is 1. The van der Waals surface area contributed by atoms with E-state index in [1.54, 1.807) is 18.2 Å². The minimum Gasteiger partial charge on any atom is -0.310 e. The molecular formula is C25H31N5O2. The van der Waals surface area contributed by atoms with Crippen LogP contribution in [0.4, 0.5) is 16.2 Å². The number of aryl methyl sites for hydroxylation is 1. The molecule has 4 rings (SSSR count). The summed E-state index contributed by atoms with van der Waals surface area (Å²) in [7, 11) is 3.63. The Balaban J connectivity index is 1.70. The lowest BCUT2D eigenvalue weighted by molar-refractivity contribution is -0.132. The molecule has 32 heavy (non-hydrogen) atoms. The molecule has 2 aliphatic rings. The van der Waals surface area contributed by atoms with Crippen LogP contribution in [0.25, 0.3) is 0 Å². The van der Waals surface area contributed by atoms with Crippen molar-refractivity contribution in [3.05, 3.63) is 59.7 Å². The first-order chi connectivity index (χ1) is 15.4. The van der Waals surface area contributed by atoms with Gasteiger partial charge in [-0.25, -0.2) is 9.79 Å². The Bertz CT molecular complexity index is 1030. The number of likely N-dealkylation sites (N-methyl/N-ethyl adjacent to an activating group) is 2. The maximum absolute atomic E-state index is 13.9. The molecule has 1 unspecified atom stereocenters. The van der Waals surface area contributed by atoms with Gasteiger partial charge in [-0.15, -0.1) is 0 Å². The maximum atomic E-state index is 13.9. The zero-order chi connectivity index (χ0) is 22.7. The Hall–Kier alpha value is -3.19. The number of nitrogens with one attached hydrogen (secondary N) is 2. The number of hydrogen-bond donors (Lipinski definition) is 2. The van der Waals surface area contributed by atoms with Crippen molar-refractivity contribution in [2.75, 3.05) is 24.3 Å². The summed E-state index contributed by atoms with van der Waals surface area (Å²) in [5.74, 6) is -1.82. The second-order valence-electron chi connectivity index (χ2n) is 8.70. The van der Waals surface area contributed by atoms with Crippen LogP contribution in [0.15, 0.2) is 53.5 Å². The summed E-state index contributed by atoms with van der Waals surface area (Å²) in [5.41, 5.74) is 3.31. The van der Waals surface area contributed by atoms with Gasteiger partial charge < -0.3 is 10.2 Å². The molecular weight excluding hydrogens is 402 g/mol. The molecule has 2 N–H and O–H groups in total. The first-order valence-corrected chi connectivity index (χ1v) is 11.2. The summed E-state index contributed by atoms with van der Waals surface area (Å²) < 4.78 is 0. The molecule has 2 aromatic rings. The SMILES string of the molecule is Cc1cccc(NC(=O)NC2(N(C)C3CCCCC3)N=Cc3ccccc3N(C)C2=O)c1. The van der Waals surface area contributed by atoms with Crippen LogP contribution in [0.5, 0.6) is 0 Å². The van der Waals surface area contributed by atoms with E-state index in [2.05, 4.69) is 10.6 Å². The molecule has 1 heterocycles. The minimum absolute atomic E-state index is 0.152. The van der Waals surface area contributed by atoms with Gasteiger partial charge in [0.2, 0.25) is 0 Å². The van der Waals surface area contributed by atoms with Crippen LogP contribution >= 0.6 is 0 Å². The molecule has 0 aromatic heterocycles. The van der Waals surface area contributed by atoms with Crippen molar-refractivity contribution in [1.82, 2.24) is 10.2 Å². The number of carbonyl (C=O) groups excluding carboxylic acids is 2. The molecule has 0 saturated heterocycles. The molecule has 7 heteroatoms. The largest absolute Gasteiger partial charge is 0.322 e. The topological polar surface area (TPSA) is 77.0 Å². The third-order valence-electron chi connectivity index (χ3n) is 6.49. The monoisotopic (exact) mass is 433 g/mol. The zero-order valence-corrected chi connectivity index (χ0v) is 19.0. The number of benzene rings is 2. The quantitative estimate of drug-likeness (QED) is 0.712. The van der Waals surface area contributed by atoms with Crippen molar-refractivity contribution in [1.29, 1.82) is 0 Å². The molecule has 1 aliphatic heterocycles. The molecule has 168 valence electrons. The van der Waals surface area contributed by atoms with E-state index in [0.717, 1.165) is 42.5 Å². The van der Waals surface area contributed by atoms with Crippen LogP contribution in [-0.4, -0.2) is 49.0 Å². The number of anilines is 2. The lowest BCUT2D eigenvalue weighted by atomic mass is 9.93. The van der Waals surface area contributed by atoms with Crippen molar-refractivity contribution in [3.8, 4) is 0 Å². The lowest BCUT2D eigenvalue weighted by Gasteiger charge is -2.43. The van der Waals surface area contributed by atoms with Crippen LogP contribution in [0, 0.1) is 6.92 Å². The summed E-state index contributed by atoms with van der Waals surface area (Å²) >= 11 is 0. The zero-order valence-electron chi connectivity index (χ0n) is 19.0. The second-order valence-corrected chi connectivity index (χ2v) is 8.70. The molecule has 7 nitrogen and oxygen atoms in total. The number of benzodiazepines with no additional fused rings is 1. The van der Waals surface area contributed by atoms with Crippen molar-refractivity contribution in [2.24, 2.45) is 4.99 Å². The third-order valence-corrected chi connectivity index (χ3v) is 6.49. The molecule has 0 spiro atoms. The molecule has 0 bridgehead atoms. The molecule has 0 radical (unpaired) electrons. The van der Waals surface area contributed by atoms with E-state index in [9.17, 15) is 9.59 Å². The highest BCUT2D eigenvalue weighted by atomic mass is 16.2. The van der Waals surface area contributed by atoms with Gasteiger partial charge in [-0.2, -0.15) is 0 Å². The van der Waals surface area contributed by atoms with Crippen molar-refractivity contribution >= 4 is 29.5 Å². The predicted octanol–water partition coefficient (Wildman–Crippen LogP) is 4.13. The molecule has 1 saturated carbocycles. The second kappa shape index (κ2) is 9.12. The Morgan fingerprint density at radius 3 is 2.62 bits per heavy atom. The van der Waals surface area contributed by atoms with Crippen LogP contribution in [-0.2, 0) is 4.79 Å². The molecule has 1 aliphatic carbocycles. The van der Waals surface area contributed by atoms with Gasteiger partial charge in [0.1, 0.15) is 0 Å². The van der Waals surface area contributed by atoms with E-state index in [-0.39, 0.29) is 11.9 Å². The number of carbonyl (C=O) groups is 2. The van der Waals surface area contributed by atoms with Crippen LogP contribution in [0.1, 0.15) is 43.2 Å². The van der Waals surface area contributed by atoms with Crippen LogP contribution in [0.2, 0.25) is 0 Å². The van der Waals surface area contributed by atoms with Gasteiger partial charge in [0, 0.05) is 30.6 Å². The highest BCUT2D eigenvalue weighted by molar-refractivity contribution is 6.08. The van der Waals surface area contributed by atoms with Gasteiger partial charge >= 0.3 is 6.03 Å². The average Bonchev–Trinajstić information content (AvgIpc) is 2.90. The van der Waals surface area contributed by atoms with E-state index in [1.807, 2.05) is 67.4 Å². The number of amides is 3. The highest BCUT2D eigenvalue weighted by Crippen LogP contribution is 2.32. The number of para-hydroxylation sites is 1. The fourth-order valence-electron chi connectivity index (χ4n) is 4.66. The summed E-state index contributed by atoms with van der Waals surface area (Å²) in [6.07, 6.45) is 7.05. The summed E-state index contributed by atoms with van der Waals surface area (Å²) in [5, 5.41) is 5.81. The molecule has 1 fully saturated rings. The first kappa shape index (κ1) is 22.0. The number of fused-ring (bicyclic) bond motifs is 1. The van der Waals surface area contributed by atoms with Gasteiger partial charge in [-0.05, 0) is 50.6 Å². The van der Waals surface area contributed by atoms with Crippen molar-refractivity contribution in [3.63, 3.8) is 0 Å². The smallest absolute Gasteiger partial charge is 0.310 e. The summed E-state index contributed by atoms with van der Waals surface area (Å²) in [6, 6.07) is 14.9.